The third-order valence-corrected chi connectivity index (χ3v) is 5.28. The van der Waals surface area contributed by atoms with Crippen LogP contribution in [0.1, 0.15) is 40.0 Å². The first-order chi connectivity index (χ1) is 7.18. The molecule has 0 radical (unpaired) electrons. The van der Waals surface area contributed by atoms with E-state index in [9.17, 15) is 0 Å². The van der Waals surface area contributed by atoms with Crippen molar-refractivity contribution < 1.29 is 8.85 Å². The van der Waals surface area contributed by atoms with Crippen LogP contribution in [-0.4, -0.2) is 21.8 Å². The van der Waals surface area contributed by atoms with E-state index in [0.29, 0.717) is 0 Å². The number of hydrogen-bond donors (Lipinski definition) is 0. The quantitative estimate of drug-likeness (QED) is 0.442. The number of unbranched alkanes of at least 4 members (excludes halogenated alkanes) is 1. The third kappa shape index (κ3) is 7.77. The molecule has 15 heavy (non-hydrogen) atoms. The molecule has 0 fully saturated rings. The topological polar surface area (TPSA) is 18.5 Å². The molecule has 0 saturated carbocycles. The van der Waals surface area contributed by atoms with Gasteiger partial charge >= 0.3 is 8.56 Å². The van der Waals surface area contributed by atoms with E-state index in [2.05, 4.69) is 25.6 Å². The molecule has 0 aromatic carbocycles. The van der Waals surface area contributed by atoms with Gasteiger partial charge in [-0.25, -0.2) is 0 Å². The Morgan fingerprint density at radius 3 is 1.93 bits per heavy atom. The zero-order chi connectivity index (χ0) is 11.6. The van der Waals surface area contributed by atoms with E-state index in [1.54, 1.807) is 0 Å². The van der Waals surface area contributed by atoms with Gasteiger partial charge in [-0.05, 0) is 39.3 Å². The molecule has 0 aromatic rings. The molecule has 90 valence electrons. The maximum Gasteiger partial charge on any atom is 0.335 e. The molecule has 0 saturated heterocycles. The first-order valence-corrected chi connectivity index (χ1v) is 8.63. The molecule has 0 N–H and O–H groups in total. The first-order valence-electron chi connectivity index (χ1n) is 6.11. The van der Waals surface area contributed by atoms with E-state index in [0.717, 1.165) is 25.7 Å². The van der Waals surface area contributed by atoms with Gasteiger partial charge in [0.1, 0.15) is 0 Å². The van der Waals surface area contributed by atoms with Gasteiger partial charge in [0.05, 0.1) is 0 Å². The molecule has 0 aliphatic carbocycles. The smallest absolute Gasteiger partial charge is 0.335 e. The van der Waals surface area contributed by atoms with E-state index in [4.69, 9.17) is 8.85 Å². The summed E-state index contributed by atoms with van der Waals surface area (Å²) in [6, 6.07) is 1.06. The molecule has 0 unspecified atom stereocenters. The van der Waals surface area contributed by atoms with Gasteiger partial charge in [-0.3, -0.25) is 0 Å². The first kappa shape index (κ1) is 14.9. The molecule has 0 amide bonds. The highest BCUT2D eigenvalue weighted by Crippen LogP contribution is 2.16. The summed E-state index contributed by atoms with van der Waals surface area (Å²) in [4.78, 5) is 0. The van der Waals surface area contributed by atoms with Gasteiger partial charge in [-0.2, -0.15) is 0 Å². The van der Waals surface area contributed by atoms with E-state index in [1.165, 1.54) is 12.8 Å². The second-order valence-corrected chi connectivity index (χ2v) is 7.14. The van der Waals surface area contributed by atoms with Crippen molar-refractivity contribution in [2.45, 2.75) is 52.6 Å². The summed E-state index contributed by atoms with van der Waals surface area (Å²) in [6.45, 7) is 9.97. The minimum absolute atomic E-state index is 0.765. The van der Waals surface area contributed by atoms with Crippen molar-refractivity contribution in [3.63, 3.8) is 0 Å². The summed E-state index contributed by atoms with van der Waals surface area (Å²) in [6.07, 6.45) is 8.01. The van der Waals surface area contributed by atoms with Crippen molar-refractivity contribution in [1.82, 2.24) is 0 Å². The summed E-state index contributed by atoms with van der Waals surface area (Å²) in [5.74, 6) is 0. The second kappa shape index (κ2) is 9.13. The lowest BCUT2D eigenvalue weighted by Gasteiger charge is -2.25. The summed E-state index contributed by atoms with van der Waals surface area (Å²) in [5.41, 5.74) is 0. The van der Waals surface area contributed by atoms with E-state index >= 15 is 0 Å². The third-order valence-electron chi connectivity index (χ3n) is 2.29. The number of rotatable bonds is 9. The fraction of sp³-hybridized carbons (Fsp3) is 0.833. The maximum absolute atomic E-state index is 5.76. The Kier molecular flexibility index (Phi) is 9.05. The highest BCUT2D eigenvalue weighted by Gasteiger charge is 2.29. The number of allylic oxidation sites excluding steroid dienone is 2. The average molecular weight is 230 g/mol. The van der Waals surface area contributed by atoms with Crippen LogP contribution in [0.4, 0.5) is 0 Å². The normalized spacial score (nSPS) is 12.5. The Hall–Kier alpha value is -0.123. The monoisotopic (exact) mass is 230 g/mol. The molecule has 0 rings (SSSR count). The second-order valence-electron chi connectivity index (χ2n) is 3.80. The van der Waals surface area contributed by atoms with E-state index in [-0.39, 0.29) is 0 Å². The van der Waals surface area contributed by atoms with E-state index < -0.39 is 8.56 Å². The Morgan fingerprint density at radius 1 is 0.933 bits per heavy atom. The van der Waals surface area contributed by atoms with Crippen molar-refractivity contribution in [2.75, 3.05) is 13.2 Å². The Balaban J connectivity index is 3.84. The fourth-order valence-electron chi connectivity index (χ4n) is 1.54. The number of hydrogen-bond acceptors (Lipinski definition) is 2. The molecule has 0 aromatic heterocycles. The van der Waals surface area contributed by atoms with Crippen molar-refractivity contribution in [3.8, 4) is 0 Å². The van der Waals surface area contributed by atoms with Crippen molar-refractivity contribution >= 4 is 8.56 Å². The Bertz CT molecular complexity index is 163. The van der Waals surface area contributed by atoms with Gasteiger partial charge in [-0.1, -0.05) is 25.5 Å². The standard InChI is InChI=1S/C12H26O2Si/c1-5-8-9-10-11-12-15(4,13-6-2)14-7-3/h9-10H,5-8,11-12H2,1-4H3. The van der Waals surface area contributed by atoms with Crippen LogP contribution in [-0.2, 0) is 8.85 Å². The van der Waals surface area contributed by atoms with Crippen molar-refractivity contribution in [2.24, 2.45) is 0 Å². The van der Waals surface area contributed by atoms with Crippen LogP contribution in [0.2, 0.25) is 12.6 Å². The molecule has 0 atom stereocenters. The predicted octanol–water partition coefficient (Wildman–Crippen LogP) is 3.88. The van der Waals surface area contributed by atoms with Gasteiger partial charge in [-0.15, -0.1) is 0 Å². The zero-order valence-electron chi connectivity index (χ0n) is 10.7. The van der Waals surface area contributed by atoms with E-state index in [1.807, 2.05) is 13.8 Å². The average Bonchev–Trinajstić information content (AvgIpc) is 2.18. The van der Waals surface area contributed by atoms with Gasteiger partial charge in [0.15, 0.2) is 0 Å². The largest absolute Gasteiger partial charge is 0.395 e. The SMILES string of the molecule is CCCC=CCC[Si](C)(OCC)OCC. The Morgan fingerprint density at radius 2 is 1.47 bits per heavy atom. The van der Waals surface area contributed by atoms with Crippen LogP contribution in [0.25, 0.3) is 0 Å². The summed E-state index contributed by atoms with van der Waals surface area (Å²) < 4.78 is 11.5. The van der Waals surface area contributed by atoms with Gasteiger partial charge < -0.3 is 8.85 Å². The molecular weight excluding hydrogens is 204 g/mol. The minimum atomic E-state index is -1.86. The summed E-state index contributed by atoms with van der Waals surface area (Å²) >= 11 is 0. The van der Waals surface area contributed by atoms with Gasteiger partial charge in [0, 0.05) is 13.2 Å². The lowest BCUT2D eigenvalue weighted by molar-refractivity contribution is 0.189. The van der Waals surface area contributed by atoms with Crippen LogP contribution >= 0.6 is 0 Å². The molecule has 0 aliphatic heterocycles. The summed E-state index contributed by atoms with van der Waals surface area (Å²) in [5, 5.41) is 0. The highest BCUT2D eigenvalue weighted by atomic mass is 28.4. The maximum atomic E-state index is 5.76. The molecular formula is C12H26O2Si. The molecule has 3 heteroatoms. The van der Waals surface area contributed by atoms with Crippen molar-refractivity contribution in [3.05, 3.63) is 12.2 Å². The Labute approximate surface area is 95.9 Å². The molecule has 0 aliphatic rings. The molecule has 0 spiro atoms. The molecule has 0 bridgehead atoms. The lowest BCUT2D eigenvalue weighted by Crippen LogP contribution is -2.38. The van der Waals surface area contributed by atoms with Crippen LogP contribution < -0.4 is 0 Å². The van der Waals surface area contributed by atoms with Gasteiger partial charge in [0.25, 0.3) is 0 Å². The highest BCUT2D eigenvalue weighted by molar-refractivity contribution is 6.66. The lowest BCUT2D eigenvalue weighted by atomic mass is 10.3. The van der Waals surface area contributed by atoms with Gasteiger partial charge in [0.2, 0.25) is 0 Å². The fourth-order valence-corrected chi connectivity index (χ4v) is 3.83. The summed E-state index contributed by atoms with van der Waals surface area (Å²) in [7, 11) is -1.86. The molecule has 0 heterocycles. The van der Waals surface area contributed by atoms with Crippen LogP contribution in [0.15, 0.2) is 12.2 Å². The van der Waals surface area contributed by atoms with Crippen molar-refractivity contribution in [1.29, 1.82) is 0 Å². The van der Waals surface area contributed by atoms with Crippen LogP contribution in [0.5, 0.6) is 0 Å². The predicted molar refractivity (Wildman–Crippen MR) is 68.3 cm³/mol. The van der Waals surface area contributed by atoms with Crippen LogP contribution in [0.3, 0.4) is 0 Å². The molecule has 2 nitrogen and oxygen atoms in total. The minimum Gasteiger partial charge on any atom is -0.395 e. The van der Waals surface area contributed by atoms with Crippen LogP contribution in [0, 0.1) is 0 Å². The zero-order valence-corrected chi connectivity index (χ0v) is 11.7.